The molecule has 1 saturated heterocycles. The van der Waals surface area contributed by atoms with E-state index in [1.807, 2.05) is 11.0 Å². The number of nitrogens with one attached hydrogen (secondary N) is 1. The quantitative estimate of drug-likeness (QED) is 0.432. The van der Waals surface area contributed by atoms with Gasteiger partial charge in [-0.15, -0.1) is 34.4 Å². The Morgan fingerprint density at radius 3 is 2.85 bits per heavy atom. The van der Waals surface area contributed by atoms with Gasteiger partial charge in [-0.2, -0.15) is 0 Å². The number of likely N-dealkylation sites (tertiary alicyclic amines) is 1. The number of aryl methyl sites for hydroxylation is 2. The second-order valence-corrected chi connectivity index (χ2v) is 11.8. The predicted molar refractivity (Wildman–Crippen MR) is 137 cm³/mol. The summed E-state index contributed by atoms with van der Waals surface area (Å²) in [5.41, 5.74) is 2.25. The first-order chi connectivity index (χ1) is 16.2. The lowest BCUT2D eigenvalue weighted by atomic mass is 9.97. The summed E-state index contributed by atoms with van der Waals surface area (Å²) in [5, 5.41) is 1.98. The lowest BCUT2D eigenvalue weighted by molar-refractivity contribution is -0.129. The van der Waals surface area contributed by atoms with E-state index < -0.39 is 0 Å². The zero-order valence-corrected chi connectivity index (χ0v) is 20.6. The molecular formula is C24H24N4O2S3. The van der Waals surface area contributed by atoms with Crippen molar-refractivity contribution in [2.45, 2.75) is 43.8 Å². The molecule has 1 aliphatic heterocycles. The Morgan fingerprint density at radius 2 is 2.00 bits per heavy atom. The summed E-state index contributed by atoms with van der Waals surface area (Å²) in [7, 11) is 0. The van der Waals surface area contributed by atoms with Gasteiger partial charge in [0.25, 0.3) is 5.56 Å². The molecule has 1 aliphatic carbocycles. The number of hydrogen-bond acceptors (Lipinski definition) is 7. The summed E-state index contributed by atoms with van der Waals surface area (Å²) in [6, 6.07) is 8.27. The summed E-state index contributed by atoms with van der Waals surface area (Å²) in [4.78, 5) is 41.9. The van der Waals surface area contributed by atoms with E-state index >= 15 is 0 Å². The minimum atomic E-state index is -0.0294. The van der Waals surface area contributed by atoms with Crippen LogP contribution in [0.2, 0.25) is 0 Å². The number of fused-ring (bicyclic) bond motifs is 4. The van der Waals surface area contributed by atoms with Gasteiger partial charge in [0.15, 0.2) is 0 Å². The zero-order valence-electron chi connectivity index (χ0n) is 18.1. The fourth-order valence-electron chi connectivity index (χ4n) is 4.88. The van der Waals surface area contributed by atoms with E-state index in [2.05, 4.69) is 28.2 Å². The van der Waals surface area contributed by atoms with Crippen molar-refractivity contribution in [1.29, 1.82) is 0 Å². The number of thiazole rings is 1. The van der Waals surface area contributed by atoms with Crippen LogP contribution in [0.25, 0.3) is 20.4 Å². The standard InChI is InChI=1S/C24H24N4O2S3/c29-20(28-10-8-14(9-11-28)23-25-16-5-1-2-6-18(16)33-23)13-31-12-19-26-22(30)21-15-4-3-7-17(15)32-24(21)27-19/h1-2,5-6,14H,3-4,7-13H2,(H,26,27,30). The Kier molecular flexibility index (Phi) is 5.72. The van der Waals surface area contributed by atoms with Gasteiger partial charge in [-0.05, 0) is 49.8 Å². The van der Waals surface area contributed by atoms with Gasteiger partial charge in [0.05, 0.1) is 32.1 Å². The number of hydrogen-bond donors (Lipinski definition) is 1. The maximum Gasteiger partial charge on any atom is 0.259 e. The van der Waals surface area contributed by atoms with Crippen LogP contribution in [0.15, 0.2) is 29.1 Å². The lowest BCUT2D eigenvalue weighted by Gasteiger charge is -2.31. The average molecular weight is 497 g/mol. The summed E-state index contributed by atoms with van der Waals surface area (Å²) in [5.74, 6) is 2.23. The van der Waals surface area contributed by atoms with E-state index in [4.69, 9.17) is 4.98 Å². The largest absolute Gasteiger partial charge is 0.342 e. The maximum absolute atomic E-state index is 12.7. The van der Waals surface area contributed by atoms with Gasteiger partial charge in [-0.25, -0.2) is 9.97 Å². The highest BCUT2D eigenvalue weighted by Gasteiger charge is 2.26. The molecule has 1 aromatic carbocycles. The van der Waals surface area contributed by atoms with Crippen LogP contribution in [0, 0.1) is 0 Å². The van der Waals surface area contributed by atoms with Crippen molar-refractivity contribution in [1.82, 2.24) is 19.9 Å². The Hall–Kier alpha value is -2.23. The van der Waals surface area contributed by atoms with Crippen molar-refractivity contribution in [2.24, 2.45) is 0 Å². The van der Waals surface area contributed by atoms with Crippen LogP contribution in [-0.4, -0.2) is 44.6 Å². The fraction of sp³-hybridized carbons (Fsp3) is 0.417. The van der Waals surface area contributed by atoms with Gasteiger partial charge in [0.1, 0.15) is 10.7 Å². The van der Waals surface area contributed by atoms with Crippen LogP contribution in [0.1, 0.15) is 46.5 Å². The third-order valence-corrected chi connectivity index (χ3v) is 9.91. The summed E-state index contributed by atoms with van der Waals surface area (Å²) < 4.78 is 1.24. The summed E-state index contributed by atoms with van der Waals surface area (Å²) in [6.07, 6.45) is 5.10. The highest BCUT2D eigenvalue weighted by Crippen LogP contribution is 2.35. The van der Waals surface area contributed by atoms with Crippen molar-refractivity contribution in [2.75, 3.05) is 18.8 Å². The summed E-state index contributed by atoms with van der Waals surface area (Å²) in [6.45, 7) is 1.56. The molecule has 0 spiro atoms. The van der Waals surface area contributed by atoms with E-state index in [0.29, 0.717) is 23.2 Å². The Balaban J connectivity index is 1.03. The number of para-hydroxylation sites is 1. The topological polar surface area (TPSA) is 79.0 Å². The number of aromatic nitrogens is 3. The molecule has 1 fully saturated rings. The van der Waals surface area contributed by atoms with Gasteiger partial charge < -0.3 is 9.88 Å². The predicted octanol–water partition coefficient (Wildman–Crippen LogP) is 4.72. The minimum Gasteiger partial charge on any atom is -0.342 e. The average Bonchev–Trinajstić information content (AvgIpc) is 3.53. The molecule has 6 rings (SSSR count). The smallest absolute Gasteiger partial charge is 0.259 e. The molecule has 1 N–H and O–H groups in total. The van der Waals surface area contributed by atoms with Crippen LogP contribution in [-0.2, 0) is 23.4 Å². The van der Waals surface area contributed by atoms with Crippen LogP contribution in [0.4, 0.5) is 0 Å². The number of aromatic amines is 1. The van der Waals surface area contributed by atoms with Crippen LogP contribution < -0.4 is 5.56 Å². The molecule has 170 valence electrons. The van der Waals surface area contributed by atoms with Gasteiger partial charge in [-0.3, -0.25) is 9.59 Å². The molecule has 4 heterocycles. The van der Waals surface area contributed by atoms with Crippen LogP contribution >= 0.6 is 34.4 Å². The number of piperidine rings is 1. The van der Waals surface area contributed by atoms with Crippen molar-refractivity contribution < 1.29 is 4.79 Å². The second kappa shape index (κ2) is 8.85. The highest BCUT2D eigenvalue weighted by molar-refractivity contribution is 7.99. The Morgan fingerprint density at radius 1 is 1.15 bits per heavy atom. The zero-order chi connectivity index (χ0) is 22.4. The molecule has 0 unspecified atom stereocenters. The van der Waals surface area contributed by atoms with E-state index in [1.165, 1.54) is 31.9 Å². The van der Waals surface area contributed by atoms with E-state index in [1.54, 1.807) is 22.7 Å². The molecule has 9 heteroatoms. The molecule has 33 heavy (non-hydrogen) atoms. The number of nitrogens with zero attached hydrogens (tertiary/aromatic N) is 3. The van der Waals surface area contributed by atoms with Gasteiger partial charge in [0, 0.05) is 23.9 Å². The number of amides is 1. The van der Waals surface area contributed by atoms with E-state index in [-0.39, 0.29) is 11.5 Å². The number of carbonyl (C=O) groups excluding carboxylic acids is 1. The fourth-order valence-corrected chi connectivity index (χ4v) is 8.09. The van der Waals surface area contributed by atoms with Gasteiger partial charge >= 0.3 is 0 Å². The van der Waals surface area contributed by atoms with Gasteiger partial charge in [0.2, 0.25) is 5.91 Å². The van der Waals surface area contributed by atoms with Crippen LogP contribution in [0.3, 0.4) is 0 Å². The molecule has 0 bridgehead atoms. The lowest BCUT2D eigenvalue weighted by Crippen LogP contribution is -2.39. The molecule has 0 saturated carbocycles. The van der Waals surface area contributed by atoms with Crippen molar-refractivity contribution in [3.05, 3.63) is 55.9 Å². The van der Waals surface area contributed by atoms with Crippen molar-refractivity contribution in [3.8, 4) is 0 Å². The van der Waals surface area contributed by atoms with E-state index in [9.17, 15) is 9.59 Å². The highest BCUT2D eigenvalue weighted by atomic mass is 32.2. The molecular weight excluding hydrogens is 472 g/mol. The Labute approximate surface area is 203 Å². The SMILES string of the molecule is O=C(CSCc1nc2sc3c(c2c(=O)[nH]1)CCC3)N1CCC(c2nc3ccccc3s2)CC1. The maximum atomic E-state index is 12.7. The Bertz CT molecular complexity index is 1360. The molecule has 3 aromatic heterocycles. The molecule has 2 aliphatic rings. The molecule has 4 aromatic rings. The number of thiophene rings is 1. The first-order valence-electron chi connectivity index (χ1n) is 11.4. The second-order valence-electron chi connectivity index (χ2n) is 8.72. The first-order valence-corrected chi connectivity index (χ1v) is 14.2. The minimum absolute atomic E-state index is 0.0294. The molecule has 0 atom stereocenters. The number of carbonyl (C=O) groups is 1. The molecule has 0 radical (unpaired) electrons. The third-order valence-electron chi connectivity index (χ3n) is 6.60. The summed E-state index contributed by atoms with van der Waals surface area (Å²) >= 11 is 4.96. The molecule has 1 amide bonds. The van der Waals surface area contributed by atoms with Crippen molar-refractivity contribution >= 4 is 60.8 Å². The van der Waals surface area contributed by atoms with Crippen molar-refractivity contribution in [3.63, 3.8) is 0 Å². The van der Waals surface area contributed by atoms with E-state index in [0.717, 1.165) is 60.9 Å². The number of H-pyrrole nitrogens is 1. The normalized spacial score (nSPS) is 16.7. The number of benzene rings is 1. The monoisotopic (exact) mass is 496 g/mol. The first kappa shape index (κ1) is 21.3. The van der Waals surface area contributed by atoms with Gasteiger partial charge in [-0.1, -0.05) is 12.1 Å². The van der Waals surface area contributed by atoms with Crippen LogP contribution in [0.5, 0.6) is 0 Å². The third kappa shape index (κ3) is 4.11. The number of rotatable bonds is 5. The molecule has 6 nitrogen and oxygen atoms in total. The number of thioether (sulfide) groups is 1.